The van der Waals surface area contributed by atoms with Crippen molar-refractivity contribution in [1.29, 1.82) is 0 Å². The van der Waals surface area contributed by atoms with Crippen LogP contribution in [0.2, 0.25) is 0 Å². The van der Waals surface area contributed by atoms with E-state index in [4.69, 9.17) is 0 Å². The van der Waals surface area contributed by atoms with Crippen molar-refractivity contribution in [3.05, 3.63) is 89.2 Å². The monoisotopic (exact) mass is 428 g/mol. The molecule has 3 heteroatoms. The van der Waals surface area contributed by atoms with Crippen LogP contribution in [0.15, 0.2) is 88.9 Å². The van der Waals surface area contributed by atoms with Crippen LogP contribution >= 0.6 is 0 Å². The number of nitrogens with one attached hydrogen (secondary N) is 1. The molecule has 0 radical (unpaired) electrons. The van der Waals surface area contributed by atoms with Gasteiger partial charge in [-0.1, -0.05) is 90.7 Å². The normalized spacial score (nSPS) is 32.8. The number of nitrogens with zero attached hydrogens (tertiary/aromatic N) is 1. The molecule has 0 aromatic heterocycles. The summed E-state index contributed by atoms with van der Waals surface area (Å²) in [7, 11) is 0. The fourth-order valence-corrected chi connectivity index (χ4v) is 6.46. The summed E-state index contributed by atoms with van der Waals surface area (Å²) >= 11 is 0. The molecule has 5 unspecified atom stereocenters. The summed E-state index contributed by atoms with van der Waals surface area (Å²) < 4.78 is 12.5. The highest BCUT2D eigenvalue weighted by atomic mass is 19.2. The number of hydrogen-bond acceptors (Lipinski definition) is 2. The van der Waals surface area contributed by atoms with Crippen LogP contribution < -0.4 is 5.32 Å². The molecule has 4 aliphatic carbocycles. The Hall–Kier alpha value is -2.68. The van der Waals surface area contributed by atoms with Crippen LogP contribution in [0.4, 0.5) is 10.2 Å². The quantitative estimate of drug-likeness (QED) is 0.387. The molecular formula is C29H33FN2. The van der Waals surface area contributed by atoms with Gasteiger partial charge < -0.3 is 5.32 Å². The number of halogens is 1. The fourth-order valence-electron chi connectivity index (χ4n) is 6.46. The van der Waals surface area contributed by atoms with E-state index >= 15 is 0 Å². The molecule has 1 aromatic carbocycles. The average molecular weight is 429 g/mol. The zero-order valence-electron chi connectivity index (χ0n) is 19.3. The van der Waals surface area contributed by atoms with Gasteiger partial charge in [0.15, 0.2) is 0 Å². The number of benzene rings is 1. The van der Waals surface area contributed by atoms with Crippen LogP contribution in [0.1, 0.15) is 45.6 Å². The van der Waals surface area contributed by atoms with Crippen LogP contribution in [0, 0.1) is 35.0 Å². The lowest BCUT2D eigenvalue weighted by atomic mass is 9.68. The summed E-state index contributed by atoms with van der Waals surface area (Å²) in [5, 5.41) is 6.44. The van der Waals surface area contributed by atoms with Crippen LogP contribution in [0.25, 0.3) is 0 Å². The lowest BCUT2D eigenvalue weighted by Crippen LogP contribution is -2.30. The van der Waals surface area contributed by atoms with Gasteiger partial charge in [0.25, 0.3) is 0 Å². The predicted molar refractivity (Wildman–Crippen MR) is 132 cm³/mol. The second kappa shape index (κ2) is 8.35. The first-order valence-electron chi connectivity index (χ1n) is 11.9. The first kappa shape index (κ1) is 21.2. The SMILES string of the molecule is CC1C=CC2C3=CC(C4C=CC=CC4)=C(Nc4cccc(C=NF)c4)CC3C(C)(C)C2C1. The van der Waals surface area contributed by atoms with Gasteiger partial charge in [-0.15, -0.1) is 0 Å². The zero-order chi connectivity index (χ0) is 22.3. The second-order valence-corrected chi connectivity index (χ2v) is 10.5. The zero-order valence-corrected chi connectivity index (χ0v) is 19.3. The second-order valence-electron chi connectivity index (χ2n) is 10.5. The van der Waals surface area contributed by atoms with Crippen LogP contribution in [-0.2, 0) is 0 Å². The Balaban J connectivity index is 1.56. The third-order valence-corrected chi connectivity index (χ3v) is 8.19. The summed E-state index contributed by atoms with van der Waals surface area (Å²) in [6.45, 7) is 7.31. The predicted octanol–water partition coefficient (Wildman–Crippen LogP) is 7.60. The molecule has 5 atom stereocenters. The molecule has 5 rings (SSSR count). The van der Waals surface area contributed by atoms with Gasteiger partial charge in [-0.3, -0.25) is 0 Å². The fraction of sp³-hybridized carbons (Fsp3) is 0.414. The number of anilines is 1. The van der Waals surface area contributed by atoms with Gasteiger partial charge in [-0.2, -0.15) is 0 Å². The maximum atomic E-state index is 12.5. The van der Waals surface area contributed by atoms with Crippen LogP contribution in [-0.4, -0.2) is 6.21 Å². The summed E-state index contributed by atoms with van der Waals surface area (Å²) in [6, 6.07) is 7.84. The Bertz CT molecular complexity index is 1070. The summed E-state index contributed by atoms with van der Waals surface area (Å²) in [5.74, 6) is 2.85. The maximum absolute atomic E-state index is 12.5. The minimum absolute atomic E-state index is 0.263. The third-order valence-electron chi connectivity index (χ3n) is 8.19. The molecule has 0 saturated heterocycles. The van der Waals surface area contributed by atoms with E-state index in [0.717, 1.165) is 24.1 Å². The highest BCUT2D eigenvalue weighted by molar-refractivity contribution is 5.81. The van der Waals surface area contributed by atoms with Crippen molar-refractivity contribution in [2.24, 2.45) is 40.2 Å². The Morgan fingerprint density at radius 2 is 2.03 bits per heavy atom. The molecule has 1 saturated carbocycles. The van der Waals surface area contributed by atoms with E-state index in [1.165, 1.54) is 23.9 Å². The Kier molecular flexibility index (Phi) is 5.53. The van der Waals surface area contributed by atoms with Crippen molar-refractivity contribution in [3.63, 3.8) is 0 Å². The first-order chi connectivity index (χ1) is 15.5. The Morgan fingerprint density at radius 3 is 2.81 bits per heavy atom. The minimum Gasteiger partial charge on any atom is -0.359 e. The van der Waals surface area contributed by atoms with Gasteiger partial charge in [-0.05, 0) is 65.7 Å². The minimum atomic E-state index is 0.263. The molecule has 0 spiro atoms. The van der Waals surface area contributed by atoms with Crippen molar-refractivity contribution < 1.29 is 4.48 Å². The molecule has 4 aliphatic rings. The summed E-state index contributed by atoms with van der Waals surface area (Å²) in [6.07, 6.45) is 21.0. The van der Waals surface area contributed by atoms with Gasteiger partial charge in [-0.25, -0.2) is 0 Å². The number of fused-ring (bicyclic) bond motifs is 3. The van der Waals surface area contributed by atoms with Gasteiger partial charge in [0, 0.05) is 23.2 Å². The van der Waals surface area contributed by atoms with E-state index in [1.807, 2.05) is 18.2 Å². The first-order valence-corrected chi connectivity index (χ1v) is 11.9. The highest BCUT2D eigenvalue weighted by Gasteiger charge is 2.53. The summed E-state index contributed by atoms with van der Waals surface area (Å²) in [5.41, 5.74) is 6.36. The van der Waals surface area contributed by atoms with Gasteiger partial charge in [0.2, 0.25) is 0 Å². The third kappa shape index (κ3) is 3.72. The Morgan fingerprint density at radius 1 is 1.16 bits per heavy atom. The van der Waals surface area contributed by atoms with Crippen molar-refractivity contribution in [2.45, 2.75) is 40.0 Å². The van der Waals surface area contributed by atoms with E-state index in [-0.39, 0.29) is 5.41 Å². The maximum Gasteiger partial charge on any atom is 0.0672 e. The van der Waals surface area contributed by atoms with Crippen molar-refractivity contribution in [2.75, 3.05) is 5.32 Å². The molecule has 2 nitrogen and oxygen atoms in total. The molecule has 32 heavy (non-hydrogen) atoms. The summed E-state index contributed by atoms with van der Waals surface area (Å²) in [4.78, 5) is 0. The van der Waals surface area contributed by atoms with Crippen LogP contribution in [0.3, 0.4) is 0 Å². The van der Waals surface area contributed by atoms with Crippen LogP contribution in [0.5, 0.6) is 0 Å². The van der Waals surface area contributed by atoms with E-state index in [9.17, 15) is 4.48 Å². The highest BCUT2D eigenvalue weighted by Crippen LogP contribution is 2.61. The molecule has 0 heterocycles. The Labute approximate surface area is 191 Å². The number of hydrogen-bond donors (Lipinski definition) is 1. The van der Waals surface area contributed by atoms with Crippen molar-refractivity contribution >= 4 is 11.9 Å². The molecular weight excluding hydrogens is 395 g/mol. The van der Waals surface area contributed by atoms with E-state index in [2.05, 4.69) is 79.9 Å². The molecule has 166 valence electrons. The topological polar surface area (TPSA) is 24.4 Å². The molecule has 0 amide bonds. The largest absolute Gasteiger partial charge is 0.359 e. The molecule has 1 N–H and O–H groups in total. The standard InChI is InChI=1S/C29H33FN2/c1-19-12-13-23-25-16-24(21-9-5-4-6-10-21)28(17-27(25)29(2,3)26(23)14-19)32-22-11-7-8-20(15-22)18-31-30/h4-9,11-13,15-16,18-19,21,23,26-27,32H,10,14,17H2,1-3H3. The van der Waals surface area contributed by atoms with Crippen molar-refractivity contribution in [1.82, 2.24) is 0 Å². The lowest BCUT2D eigenvalue weighted by molar-refractivity contribution is 0.153. The van der Waals surface area contributed by atoms with E-state index in [1.54, 1.807) is 5.57 Å². The van der Waals surface area contributed by atoms with Crippen molar-refractivity contribution in [3.8, 4) is 0 Å². The molecule has 1 fully saturated rings. The lowest BCUT2D eigenvalue weighted by Gasteiger charge is -2.38. The molecule has 0 aliphatic heterocycles. The van der Waals surface area contributed by atoms with E-state index in [0.29, 0.717) is 29.6 Å². The van der Waals surface area contributed by atoms with Gasteiger partial charge >= 0.3 is 0 Å². The van der Waals surface area contributed by atoms with Gasteiger partial charge in [0.1, 0.15) is 0 Å². The van der Waals surface area contributed by atoms with E-state index < -0.39 is 0 Å². The number of allylic oxidation sites excluding steroid dienone is 10. The molecule has 0 bridgehead atoms. The molecule has 1 aromatic rings. The number of rotatable bonds is 4. The smallest absolute Gasteiger partial charge is 0.0672 e. The average Bonchev–Trinajstić information content (AvgIpc) is 3.00. The van der Waals surface area contributed by atoms with Gasteiger partial charge in [0.05, 0.1) is 6.21 Å².